The van der Waals surface area contributed by atoms with Crippen molar-refractivity contribution in [2.75, 3.05) is 77.4 Å². The highest BCUT2D eigenvalue weighted by atomic mass is 16.6. The summed E-state index contributed by atoms with van der Waals surface area (Å²) in [4.78, 5) is 63.4. The molecule has 6 rings (SSSR count). The van der Waals surface area contributed by atoms with Crippen LogP contribution in [0.3, 0.4) is 0 Å². The molecule has 4 aliphatic heterocycles. The van der Waals surface area contributed by atoms with Gasteiger partial charge in [-0.2, -0.15) is 0 Å². The maximum Gasteiger partial charge on any atom is 0.410 e. The Morgan fingerprint density at radius 3 is 2.23 bits per heavy atom. The second-order valence-electron chi connectivity index (χ2n) is 16.0. The average Bonchev–Trinajstić information content (AvgIpc) is 3.38. The van der Waals surface area contributed by atoms with Crippen LogP contribution in [0.1, 0.15) is 80.5 Å². The largest absolute Gasteiger partial charge is 0.507 e. The van der Waals surface area contributed by atoms with Crippen molar-refractivity contribution in [3.05, 3.63) is 58.7 Å². The molecule has 3 saturated heterocycles. The highest BCUT2D eigenvalue weighted by Gasteiger charge is 2.36. The number of esters is 1. The fraction of sp³-hybridized carbons (Fsp3) is 0.628. The average molecular weight is 775 g/mol. The van der Waals surface area contributed by atoms with Crippen LogP contribution in [-0.4, -0.2) is 144 Å². The van der Waals surface area contributed by atoms with E-state index < -0.39 is 12.2 Å². The van der Waals surface area contributed by atoms with Gasteiger partial charge in [-0.3, -0.25) is 14.5 Å². The summed E-state index contributed by atoms with van der Waals surface area (Å²) in [7, 11) is 0. The number of piperazine rings is 1. The van der Waals surface area contributed by atoms with Gasteiger partial charge >= 0.3 is 18.1 Å². The van der Waals surface area contributed by atoms with Crippen LogP contribution in [0.2, 0.25) is 0 Å². The Morgan fingerprint density at radius 2 is 1.54 bits per heavy atom. The molecule has 306 valence electrons. The summed E-state index contributed by atoms with van der Waals surface area (Å²) in [6.45, 7) is 13.3. The van der Waals surface area contributed by atoms with Crippen molar-refractivity contribution >= 4 is 29.7 Å². The first-order valence-corrected chi connectivity index (χ1v) is 20.9. The third-order valence-corrected chi connectivity index (χ3v) is 12.1. The molecule has 1 atom stereocenters. The molecule has 4 heterocycles. The number of likely N-dealkylation sites (tertiary alicyclic amines) is 2. The molecule has 2 N–H and O–H groups in total. The molecule has 0 radical (unpaired) electrons. The number of aromatic hydroxyl groups is 1. The Bertz CT molecular complexity index is 1640. The topological polar surface area (TPSA) is 135 Å². The molecule has 56 heavy (non-hydrogen) atoms. The van der Waals surface area contributed by atoms with Crippen molar-refractivity contribution < 1.29 is 33.8 Å². The summed E-state index contributed by atoms with van der Waals surface area (Å²) in [5.74, 6) is -0.0684. The molecule has 0 saturated carbocycles. The van der Waals surface area contributed by atoms with Crippen molar-refractivity contribution in [2.45, 2.75) is 103 Å². The fourth-order valence-corrected chi connectivity index (χ4v) is 8.72. The van der Waals surface area contributed by atoms with Crippen LogP contribution in [0.5, 0.6) is 5.75 Å². The number of carbonyl (C=O) groups is 4. The molecule has 13 nitrogen and oxygen atoms in total. The number of benzene rings is 2. The number of fused-ring (bicyclic) bond motifs is 1. The van der Waals surface area contributed by atoms with Crippen LogP contribution in [0.4, 0.5) is 15.3 Å². The lowest BCUT2D eigenvalue weighted by Gasteiger charge is -2.43. The third kappa shape index (κ3) is 10.7. The minimum atomic E-state index is -1.00. The lowest BCUT2D eigenvalue weighted by Crippen LogP contribution is -2.56. The third-order valence-electron chi connectivity index (χ3n) is 12.1. The van der Waals surface area contributed by atoms with E-state index in [-0.39, 0.29) is 36.1 Å². The number of hydrogen-bond acceptors (Lipinski definition) is 9. The molecule has 3 fully saturated rings. The number of rotatable bonds is 13. The van der Waals surface area contributed by atoms with Crippen LogP contribution in [0.15, 0.2) is 36.4 Å². The lowest BCUT2D eigenvalue weighted by molar-refractivity contribution is -0.144. The molecule has 4 amide bonds. The summed E-state index contributed by atoms with van der Waals surface area (Å²) in [5.41, 5.74) is 4.22. The molecule has 0 bridgehead atoms. The highest BCUT2D eigenvalue weighted by Crippen LogP contribution is 2.27. The van der Waals surface area contributed by atoms with Gasteiger partial charge < -0.3 is 39.5 Å². The smallest absolute Gasteiger partial charge is 0.410 e. The van der Waals surface area contributed by atoms with Gasteiger partial charge in [0.05, 0.1) is 6.61 Å². The van der Waals surface area contributed by atoms with Gasteiger partial charge in [0.15, 0.2) is 6.10 Å². The first-order chi connectivity index (χ1) is 27.1. The number of carbonyl (C=O) groups excluding carboxylic acids is 4. The van der Waals surface area contributed by atoms with Gasteiger partial charge in [-0.1, -0.05) is 43.7 Å². The molecular formula is C43H62N6O7. The van der Waals surface area contributed by atoms with E-state index >= 15 is 0 Å². The Kier molecular flexibility index (Phi) is 14.5. The number of anilines is 1. The van der Waals surface area contributed by atoms with E-state index in [2.05, 4.69) is 22.0 Å². The van der Waals surface area contributed by atoms with Crippen LogP contribution >= 0.6 is 0 Å². The maximum atomic E-state index is 14.2. The van der Waals surface area contributed by atoms with E-state index in [0.717, 1.165) is 88.1 Å². The number of phenolic OH excluding ortho intramolecular Hbond substituents is 1. The molecule has 2 aromatic rings. The number of urea groups is 1. The van der Waals surface area contributed by atoms with Crippen LogP contribution in [0, 0.1) is 13.8 Å². The molecule has 0 unspecified atom stereocenters. The lowest BCUT2D eigenvalue weighted by atomic mass is 10.00. The predicted octanol–water partition coefficient (Wildman–Crippen LogP) is 5.34. The van der Waals surface area contributed by atoms with Crippen LogP contribution in [-0.2, 0) is 31.9 Å². The second-order valence-corrected chi connectivity index (χ2v) is 16.0. The minimum Gasteiger partial charge on any atom is -0.507 e. The number of piperidine rings is 2. The normalized spacial score (nSPS) is 19.6. The zero-order valence-corrected chi connectivity index (χ0v) is 33.7. The van der Waals surface area contributed by atoms with E-state index in [9.17, 15) is 24.3 Å². The maximum absolute atomic E-state index is 14.2. The van der Waals surface area contributed by atoms with Gasteiger partial charge in [-0.05, 0) is 107 Å². The standard InChI is InChI=1S/C43H62N6O7/c1-4-5-27-55-39(50)11-8-17-45-18-13-35(14-19-45)46-23-25-47(26-24-46)41(52)38(30-33-28-31(2)40(51)32(3)29-33)56-43(54)48-20-15-36(16-21-48)49-22-12-34-9-6-7-10-37(34)44-42(49)53/h6-7,9-10,28-29,35-36,38,51H,4-5,8,11-27,30H2,1-3H3,(H,44,53)/t38-/m1/s1. The number of phenols is 1. The van der Waals surface area contributed by atoms with E-state index in [4.69, 9.17) is 9.47 Å². The van der Waals surface area contributed by atoms with Crippen molar-refractivity contribution in [1.82, 2.24) is 24.5 Å². The first kappa shape index (κ1) is 41.3. The Balaban J connectivity index is 0.999. The second kappa shape index (κ2) is 19.7. The molecule has 4 aliphatic rings. The van der Waals surface area contributed by atoms with Gasteiger partial charge in [0, 0.05) is 76.4 Å². The molecular weight excluding hydrogens is 713 g/mol. The fourth-order valence-electron chi connectivity index (χ4n) is 8.72. The highest BCUT2D eigenvalue weighted by molar-refractivity contribution is 5.91. The summed E-state index contributed by atoms with van der Waals surface area (Å²) in [6, 6.07) is 11.9. The van der Waals surface area contributed by atoms with Gasteiger partial charge in [-0.25, -0.2) is 9.59 Å². The number of para-hydroxylation sites is 1. The summed E-state index contributed by atoms with van der Waals surface area (Å²) >= 11 is 0. The zero-order chi connectivity index (χ0) is 39.6. The monoisotopic (exact) mass is 774 g/mol. The van der Waals surface area contributed by atoms with E-state index in [1.165, 1.54) is 0 Å². The van der Waals surface area contributed by atoms with E-state index in [0.29, 0.717) is 75.8 Å². The Morgan fingerprint density at radius 1 is 0.857 bits per heavy atom. The number of hydrogen-bond donors (Lipinski definition) is 2. The molecule has 2 aromatic carbocycles. The Labute approximate surface area is 332 Å². The quantitative estimate of drug-likeness (QED) is 0.204. The van der Waals surface area contributed by atoms with Crippen molar-refractivity contribution in [3.8, 4) is 5.75 Å². The van der Waals surface area contributed by atoms with Crippen LogP contribution in [0.25, 0.3) is 0 Å². The summed E-state index contributed by atoms with van der Waals surface area (Å²) in [6.07, 6.45) is 6.05. The Hall–Kier alpha value is -4.36. The number of nitrogens with one attached hydrogen (secondary N) is 1. The molecule has 13 heteroatoms. The minimum absolute atomic E-state index is 0.00292. The van der Waals surface area contributed by atoms with Gasteiger partial charge in [0.25, 0.3) is 5.91 Å². The number of unbranched alkanes of at least 4 members (excludes halogenated alkanes) is 1. The zero-order valence-electron chi connectivity index (χ0n) is 33.7. The summed E-state index contributed by atoms with van der Waals surface area (Å²) < 4.78 is 11.4. The van der Waals surface area contributed by atoms with Crippen molar-refractivity contribution in [2.24, 2.45) is 0 Å². The van der Waals surface area contributed by atoms with Gasteiger partial charge in [0.1, 0.15) is 5.75 Å². The number of ether oxygens (including phenoxy) is 2. The SMILES string of the molecule is CCCCOC(=O)CCCN1CCC(N2CCN(C(=O)[C@@H](Cc3cc(C)c(O)c(C)c3)OC(=O)N3CCC(N4CCc5ccccc5NC4=O)CC3)CC2)CC1. The first-order valence-electron chi connectivity index (χ1n) is 20.9. The predicted molar refractivity (Wildman–Crippen MR) is 215 cm³/mol. The molecule has 0 spiro atoms. The number of nitrogens with zero attached hydrogens (tertiary/aromatic N) is 5. The van der Waals surface area contributed by atoms with Crippen LogP contribution < -0.4 is 5.32 Å². The van der Waals surface area contributed by atoms with Gasteiger partial charge in [0.2, 0.25) is 0 Å². The molecule has 0 aliphatic carbocycles. The number of amides is 4. The van der Waals surface area contributed by atoms with Gasteiger partial charge in [-0.15, -0.1) is 0 Å². The summed E-state index contributed by atoms with van der Waals surface area (Å²) in [5, 5.41) is 13.5. The van der Waals surface area contributed by atoms with E-state index in [1.807, 2.05) is 60.0 Å². The number of aryl methyl sites for hydroxylation is 2. The van der Waals surface area contributed by atoms with Crippen molar-refractivity contribution in [3.63, 3.8) is 0 Å². The van der Waals surface area contributed by atoms with Crippen molar-refractivity contribution in [1.29, 1.82) is 0 Å². The van der Waals surface area contributed by atoms with E-state index in [1.54, 1.807) is 4.90 Å². The molecule has 0 aromatic heterocycles.